The highest BCUT2D eigenvalue weighted by Gasteiger charge is 2.39. The van der Waals surface area contributed by atoms with Gasteiger partial charge >= 0.3 is 12.4 Å². The molecule has 0 aromatic heterocycles. The van der Waals surface area contributed by atoms with Gasteiger partial charge in [0.05, 0.1) is 23.8 Å². The summed E-state index contributed by atoms with van der Waals surface area (Å²) in [6, 6.07) is 6.96. The Labute approximate surface area is 204 Å². The van der Waals surface area contributed by atoms with Crippen molar-refractivity contribution in [3.05, 3.63) is 59.2 Å². The zero-order valence-electron chi connectivity index (χ0n) is 19.7. The number of hydrogen-bond acceptors (Lipinski definition) is 4. The summed E-state index contributed by atoms with van der Waals surface area (Å²) in [6.07, 6.45) is -5.60. The van der Waals surface area contributed by atoms with Crippen molar-refractivity contribution in [3.8, 4) is 5.75 Å². The SMILES string of the molecule is CCCCCCCN(C(=O)c1cc(C(F)(F)F)ccc1C(F)(F)F)c1ccc(OC)cc1.O=CNO. The van der Waals surface area contributed by atoms with E-state index in [2.05, 4.69) is 0 Å². The van der Waals surface area contributed by atoms with Gasteiger partial charge in [-0.15, -0.1) is 0 Å². The summed E-state index contributed by atoms with van der Waals surface area (Å²) >= 11 is 0. The summed E-state index contributed by atoms with van der Waals surface area (Å²) in [5, 5.41) is 7.26. The highest BCUT2D eigenvalue weighted by atomic mass is 19.4. The Hall–Kier alpha value is -3.28. The van der Waals surface area contributed by atoms with Gasteiger partial charge in [0.1, 0.15) is 5.75 Å². The highest BCUT2D eigenvalue weighted by Crippen LogP contribution is 2.37. The number of carbonyl (C=O) groups is 2. The number of benzene rings is 2. The van der Waals surface area contributed by atoms with Crippen molar-refractivity contribution >= 4 is 18.0 Å². The van der Waals surface area contributed by atoms with Crippen molar-refractivity contribution in [1.82, 2.24) is 5.48 Å². The van der Waals surface area contributed by atoms with Crippen LogP contribution in [0.25, 0.3) is 0 Å². The second-order valence-corrected chi connectivity index (χ2v) is 7.57. The van der Waals surface area contributed by atoms with Gasteiger partial charge in [-0.1, -0.05) is 32.6 Å². The minimum Gasteiger partial charge on any atom is -0.497 e. The van der Waals surface area contributed by atoms with Gasteiger partial charge in [0.2, 0.25) is 6.41 Å². The van der Waals surface area contributed by atoms with Crippen molar-refractivity contribution in [2.45, 2.75) is 51.4 Å². The number of methoxy groups -OCH3 is 1. The molecule has 0 aliphatic carbocycles. The molecule has 0 spiro atoms. The van der Waals surface area contributed by atoms with Crippen LogP contribution >= 0.6 is 0 Å². The Balaban J connectivity index is 0.00000150. The van der Waals surface area contributed by atoms with E-state index in [-0.39, 0.29) is 24.7 Å². The Kier molecular flexibility index (Phi) is 12.2. The third-order valence-electron chi connectivity index (χ3n) is 5.05. The first kappa shape index (κ1) is 30.8. The van der Waals surface area contributed by atoms with E-state index in [9.17, 15) is 31.1 Å². The van der Waals surface area contributed by atoms with Crippen LogP contribution in [0.1, 0.15) is 60.5 Å². The number of amides is 2. The summed E-state index contributed by atoms with van der Waals surface area (Å²) < 4.78 is 85.1. The fraction of sp³-hybridized carbons (Fsp3) is 0.417. The second-order valence-electron chi connectivity index (χ2n) is 7.57. The average molecular weight is 522 g/mol. The number of alkyl halides is 6. The molecule has 200 valence electrons. The van der Waals surface area contributed by atoms with E-state index in [0.717, 1.165) is 30.6 Å². The van der Waals surface area contributed by atoms with E-state index in [0.29, 0.717) is 24.3 Å². The molecule has 2 amide bonds. The Morgan fingerprint density at radius 3 is 2.03 bits per heavy atom. The lowest BCUT2D eigenvalue weighted by Gasteiger charge is -2.25. The number of hydrogen-bond donors (Lipinski definition) is 2. The van der Waals surface area contributed by atoms with Gasteiger partial charge in [0.25, 0.3) is 5.91 Å². The van der Waals surface area contributed by atoms with Crippen LogP contribution in [-0.4, -0.2) is 31.2 Å². The minimum absolute atomic E-state index is 0.0718. The molecule has 6 nitrogen and oxygen atoms in total. The smallest absolute Gasteiger partial charge is 0.417 e. The maximum absolute atomic E-state index is 13.5. The van der Waals surface area contributed by atoms with E-state index in [4.69, 9.17) is 14.7 Å². The number of halogens is 6. The Morgan fingerprint density at radius 2 is 1.56 bits per heavy atom. The zero-order valence-corrected chi connectivity index (χ0v) is 19.7. The molecule has 0 aliphatic rings. The normalized spacial score (nSPS) is 11.2. The lowest BCUT2D eigenvalue weighted by Crippen LogP contribution is -2.34. The molecule has 12 heteroatoms. The molecule has 2 aromatic rings. The van der Waals surface area contributed by atoms with Crippen LogP contribution in [0, 0.1) is 0 Å². The fourth-order valence-corrected chi connectivity index (χ4v) is 3.27. The van der Waals surface area contributed by atoms with Crippen LogP contribution < -0.4 is 15.1 Å². The van der Waals surface area contributed by atoms with Crippen molar-refractivity contribution in [1.29, 1.82) is 0 Å². The molecule has 2 aromatic carbocycles. The number of ether oxygens (including phenoxy) is 1. The van der Waals surface area contributed by atoms with E-state index in [1.165, 1.54) is 36.9 Å². The predicted molar refractivity (Wildman–Crippen MR) is 121 cm³/mol. The van der Waals surface area contributed by atoms with Gasteiger partial charge in [-0.25, -0.2) is 5.48 Å². The number of hydroxylamine groups is 1. The molecule has 0 bridgehead atoms. The van der Waals surface area contributed by atoms with Crippen molar-refractivity contribution < 1.29 is 45.9 Å². The Morgan fingerprint density at radius 1 is 0.972 bits per heavy atom. The second kappa shape index (κ2) is 14.3. The minimum atomic E-state index is -4.98. The monoisotopic (exact) mass is 522 g/mol. The summed E-state index contributed by atoms with van der Waals surface area (Å²) in [5.41, 5.74) is -2.22. The molecule has 0 heterocycles. The fourth-order valence-electron chi connectivity index (χ4n) is 3.27. The van der Waals surface area contributed by atoms with Crippen molar-refractivity contribution in [2.75, 3.05) is 18.6 Å². The van der Waals surface area contributed by atoms with E-state index >= 15 is 0 Å². The van der Waals surface area contributed by atoms with Crippen LogP contribution in [-0.2, 0) is 17.1 Å². The molecular formula is C24H28F6N2O4. The largest absolute Gasteiger partial charge is 0.497 e. The molecule has 0 radical (unpaired) electrons. The lowest BCUT2D eigenvalue weighted by molar-refractivity contribution is -0.141. The van der Waals surface area contributed by atoms with Crippen LogP contribution in [0.15, 0.2) is 42.5 Å². The first-order valence-corrected chi connectivity index (χ1v) is 11.0. The number of anilines is 1. The van der Waals surface area contributed by atoms with E-state index in [1.54, 1.807) is 0 Å². The number of nitrogens with zero attached hydrogens (tertiary/aromatic N) is 1. The lowest BCUT2D eigenvalue weighted by atomic mass is 10.0. The van der Waals surface area contributed by atoms with E-state index < -0.39 is 35.0 Å². The molecule has 0 saturated heterocycles. The first-order chi connectivity index (χ1) is 16.9. The van der Waals surface area contributed by atoms with Gasteiger partial charge < -0.3 is 9.64 Å². The van der Waals surface area contributed by atoms with Crippen molar-refractivity contribution in [2.24, 2.45) is 0 Å². The molecule has 2 N–H and O–H groups in total. The zero-order chi connectivity index (χ0) is 27.4. The molecule has 0 aliphatic heterocycles. The third kappa shape index (κ3) is 9.40. The van der Waals surface area contributed by atoms with Crippen LogP contribution in [0.4, 0.5) is 32.0 Å². The first-order valence-electron chi connectivity index (χ1n) is 11.0. The Bertz CT molecular complexity index is 963. The molecule has 0 saturated carbocycles. The van der Waals surface area contributed by atoms with Gasteiger partial charge in [-0.3, -0.25) is 14.8 Å². The standard InChI is InChI=1S/C23H25F6NO2.CH3NO2/c1-3-4-5-6-7-14-30(17-9-11-18(32-2)12-10-17)21(31)19-15-16(22(24,25)26)8-13-20(19)23(27,28)29;3-1-2-4/h8-13,15H,3-7,14H2,1-2H3;1,4H,(H,2,3). The average Bonchev–Trinajstić information content (AvgIpc) is 2.84. The number of unbranched alkanes of at least 4 members (excludes halogenated alkanes) is 4. The molecule has 0 atom stereocenters. The van der Waals surface area contributed by atoms with Crippen LogP contribution in [0.3, 0.4) is 0 Å². The summed E-state index contributed by atoms with van der Waals surface area (Å²) in [7, 11) is 1.43. The number of carbonyl (C=O) groups excluding carboxylic acids is 2. The third-order valence-corrected chi connectivity index (χ3v) is 5.05. The van der Waals surface area contributed by atoms with Crippen molar-refractivity contribution in [3.63, 3.8) is 0 Å². The maximum Gasteiger partial charge on any atom is 0.417 e. The molecular weight excluding hydrogens is 494 g/mol. The van der Waals surface area contributed by atoms with Gasteiger partial charge in [0.15, 0.2) is 0 Å². The number of nitrogens with one attached hydrogen (secondary N) is 1. The molecule has 2 rings (SSSR count). The van der Waals surface area contributed by atoms with Gasteiger partial charge in [-0.2, -0.15) is 26.3 Å². The topological polar surface area (TPSA) is 78.9 Å². The summed E-state index contributed by atoms with van der Waals surface area (Å²) in [4.78, 5) is 23.1. The van der Waals surface area contributed by atoms with Crippen LogP contribution in [0.5, 0.6) is 5.75 Å². The summed E-state index contributed by atoms with van der Waals surface area (Å²) in [6.45, 7) is 2.10. The molecule has 36 heavy (non-hydrogen) atoms. The molecule has 0 fully saturated rings. The molecule has 0 unspecified atom stereocenters. The van der Waals surface area contributed by atoms with E-state index in [1.807, 2.05) is 6.92 Å². The quantitative estimate of drug-likeness (QED) is 0.123. The van der Waals surface area contributed by atoms with Crippen LogP contribution in [0.2, 0.25) is 0 Å². The van der Waals surface area contributed by atoms with Gasteiger partial charge in [-0.05, 0) is 48.9 Å². The maximum atomic E-state index is 13.5. The number of rotatable bonds is 10. The summed E-state index contributed by atoms with van der Waals surface area (Å²) in [5.74, 6) is -0.664. The highest BCUT2D eigenvalue weighted by molar-refractivity contribution is 6.07. The van der Waals surface area contributed by atoms with Gasteiger partial charge in [0, 0.05) is 12.2 Å². The predicted octanol–water partition coefficient (Wildman–Crippen LogP) is 6.47.